The van der Waals surface area contributed by atoms with Crippen LogP contribution in [0.3, 0.4) is 0 Å². The topological polar surface area (TPSA) is 79.4 Å². The van der Waals surface area contributed by atoms with Gasteiger partial charge < -0.3 is 0 Å². The van der Waals surface area contributed by atoms with Gasteiger partial charge in [0, 0.05) is 12.1 Å². The smallest absolute Gasteiger partial charge is 0.282 e. The van der Waals surface area contributed by atoms with E-state index in [2.05, 4.69) is 26.5 Å². The summed E-state index contributed by atoms with van der Waals surface area (Å²) in [5, 5.41) is 14.0. The van der Waals surface area contributed by atoms with Crippen LogP contribution in [0, 0.1) is 20.8 Å². The van der Waals surface area contributed by atoms with E-state index in [0.29, 0.717) is 13.0 Å². The van der Waals surface area contributed by atoms with E-state index >= 15 is 0 Å². The van der Waals surface area contributed by atoms with Gasteiger partial charge in [0.2, 0.25) is 0 Å². The van der Waals surface area contributed by atoms with Crippen molar-refractivity contribution in [1.82, 2.24) is 25.0 Å². The molecule has 3 aromatic rings. The first kappa shape index (κ1) is 15.3. The molecule has 3 rings (SSSR count). The van der Waals surface area contributed by atoms with Gasteiger partial charge >= 0.3 is 5.69 Å². The average Bonchev–Trinajstić information content (AvgIpc) is 3.02. The molecule has 0 spiro atoms. The van der Waals surface area contributed by atoms with E-state index in [0.717, 1.165) is 29.2 Å². The number of rotatable bonds is 5. The van der Waals surface area contributed by atoms with Gasteiger partial charge in [-0.1, -0.05) is 29.8 Å². The van der Waals surface area contributed by atoms with Crippen LogP contribution in [0.15, 0.2) is 29.1 Å². The van der Waals surface area contributed by atoms with E-state index in [-0.39, 0.29) is 5.69 Å². The Kier molecular flexibility index (Phi) is 4.14. The summed E-state index contributed by atoms with van der Waals surface area (Å²) in [6, 6.07) is 8.18. The van der Waals surface area contributed by atoms with Crippen molar-refractivity contribution in [2.24, 2.45) is 0 Å². The normalized spacial score (nSPS) is 11.1. The van der Waals surface area contributed by atoms with Gasteiger partial charge in [0.15, 0.2) is 0 Å². The maximum Gasteiger partial charge on any atom is 0.343 e. The number of hydrogen-bond donors (Lipinski definition) is 2. The Bertz CT molecular complexity index is 852. The van der Waals surface area contributed by atoms with Crippen molar-refractivity contribution in [3.8, 4) is 0 Å². The number of nitrogens with one attached hydrogen (secondary N) is 2. The molecule has 0 aliphatic rings. The third-order valence-corrected chi connectivity index (χ3v) is 4.14. The summed E-state index contributed by atoms with van der Waals surface area (Å²) in [5.41, 5.74) is 5.40. The lowest BCUT2D eigenvalue weighted by atomic mass is 10.1. The number of benzene rings is 1. The number of aromatic amines is 2. The Balaban J connectivity index is 1.80. The fraction of sp³-hybridized carbons (Fsp3) is 0.353. The Morgan fingerprint density at radius 2 is 1.91 bits per heavy atom. The maximum absolute atomic E-state index is 12.1. The lowest BCUT2D eigenvalue weighted by Gasteiger charge is -2.07. The molecule has 23 heavy (non-hydrogen) atoms. The first-order chi connectivity index (χ1) is 11.0. The van der Waals surface area contributed by atoms with Crippen molar-refractivity contribution in [2.45, 2.75) is 40.2 Å². The summed E-state index contributed by atoms with van der Waals surface area (Å²) >= 11 is 0. The van der Waals surface area contributed by atoms with E-state index in [1.54, 1.807) is 4.57 Å². The van der Waals surface area contributed by atoms with Crippen molar-refractivity contribution in [2.75, 3.05) is 0 Å². The van der Waals surface area contributed by atoms with Crippen LogP contribution < -0.4 is 5.69 Å². The number of aromatic nitrogens is 5. The summed E-state index contributed by atoms with van der Waals surface area (Å²) in [4.78, 5) is 12.1. The fourth-order valence-corrected chi connectivity index (χ4v) is 2.88. The maximum atomic E-state index is 12.1. The minimum atomic E-state index is -0.165. The average molecular weight is 311 g/mol. The quantitative estimate of drug-likeness (QED) is 0.757. The second kappa shape index (κ2) is 6.24. The summed E-state index contributed by atoms with van der Waals surface area (Å²) in [5.74, 6) is 0.775. The van der Waals surface area contributed by atoms with Gasteiger partial charge in [-0.15, -0.1) is 0 Å². The highest BCUT2D eigenvalue weighted by molar-refractivity contribution is 5.24. The molecular formula is C17H21N5O. The molecule has 6 heteroatoms. The molecule has 0 fully saturated rings. The van der Waals surface area contributed by atoms with Gasteiger partial charge in [-0.25, -0.2) is 9.89 Å². The predicted octanol–water partition coefficient (Wildman–Crippen LogP) is 2.05. The summed E-state index contributed by atoms with van der Waals surface area (Å²) < 4.78 is 1.71. The summed E-state index contributed by atoms with van der Waals surface area (Å²) in [6.45, 7) is 6.59. The molecule has 2 N–H and O–H groups in total. The van der Waals surface area contributed by atoms with Crippen LogP contribution in [-0.4, -0.2) is 25.0 Å². The van der Waals surface area contributed by atoms with Crippen molar-refractivity contribution in [3.63, 3.8) is 0 Å². The van der Waals surface area contributed by atoms with Gasteiger partial charge in [0.1, 0.15) is 5.82 Å². The Labute approximate surface area is 134 Å². The Morgan fingerprint density at radius 3 is 2.61 bits per heavy atom. The molecule has 2 aromatic heterocycles. The standard InChI is InChI=1S/C17H21N5O/c1-11-5-4-6-14(9-11)10-22-16(20-21-17(22)23)8-7-15-12(2)18-19-13(15)3/h4-6,9H,7-8,10H2,1-3H3,(H,18,19)(H,21,23). The molecular weight excluding hydrogens is 290 g/mol. The van der Waals surface area contributed by atoms with E-state index in [4.69, 9.17) is 0 Å². The third-order valence-electron chi connectivity index (χ3n) is 4.14. The van der Waals surface area contributed by atoms with E-state index in [9.17, 15) is 4.79 Å². The monoisotopic (exact) mass is 311 g/mol. The van der Waals surface area contributed by atoms with E-state index in [1.807, 2.05) is 39.0 Å². The molecule has 0 amide bonds. The lowest BCUT2D eigenvalue weighted by molar-refractivity contribution is 0.692. The molecule has 0 aliphatic heterocycles. The first-order valence-electron chi connectivity index (χ1n) is 7.74. The molecule has 0 radical (unpaired) electrons. The lowest BCUT2D eigenvalue weighted by Crippen LogP contribution is -2.20. The Morgan fingerprint density at radius 1 is 1.09 bits per heavy atom. The molecule has 0 atom stereocenters. The first-order valence-corrected chi connectivity index (χ1v) is 7.74. The highest BCUT2D eigenvalue weighted by Crippen LogP contribution is 2.13. The van der Waals surface area contributed by atoms with Crippen LogP contribution >= 0.6 is 0 Å². The van der Waals surface area contributed by atoms with Crippen molar-refractivity contribution in [1.29, 1.82) is 0 Å². The zero-order valence-electron chi connectivity index (χ0n) is 13.7. The minimum Gasteiger partial charge on any atom is -0.282 e. The van der Waals surface area contributed by atoms with Crippen LogP contribution in [0.2, 0.25) is 0 Å². The van der Waals surface area contributed by atoms with Crippen molar-refractivity contribution in [3.05, 3.63) is 68.7 Å². The van der Waals surface area contributed by atoms with Crippen molar-refractivity contribution >= 4 is 0 Å². The fourth-order valence-electron chi connectivity index (χ4n) is 2.88. The predicted molar refractivity (Wildman–Crippen MR) is 88.6 cm³/mol. The number of hydrogen-bond acceptors (Lipinski definition) is 3. The van der Waals surface area contributed by atoms with Gasteiger partial charge in [-0.05, 0) is 38.3 Å². The van der Waals surface area contributed by atoms with Gasteiger partial charge in [-0.2, -0.15) is 10.2 Å². The second-order valence-electron chi connectivity index (χ2n) is 5.93. The van der Waals surface area contributed by atoms with Gasteiger partial charge in [-0.3, -0.25) is 9.67 Å². The third kappa shape index (κ3) is 3.26. The molecule has 0 saturated carbocycles. The van der Waals surface area contributed by atoms with Crippen LogP contribution in [0.25, 0.3) is 0 Å². The second-order valence-corrected chi connectivity index (χ2v) is 5.93. The number of aryl methyl sites for hydroxylation is 4. The Hall–Kier alpha value is -2.63. The van der Waals surface area contributed by atoms with Crippen molar-refractivity contribution < 1.29 is 0 Å². The summed E-state index contributed by atoms with van der Waals surface area (Å²) in [7, 11) is 0. The molecule has 0 aliphatic carbocycles. The molecule has 1 aromatic carbocycles. The van der Waals surface area contributed by atoms with Gasteiger partial charge in [0.25, 0.3) is 0 Å². The molecule has 6 nitrogen and oxygen atoms in total. The molecule has 0 unspecified atom stereocenters. The minimum absolute atomic E-state index is 0.165. The molecule has 0 saturated heterocycles. The molecule has 2 heterocycles. The zero-order valence-corrected chi connectivity index (χ0v) is 13.7. The molecule has 120 valence electrons. The highest BCUT2D eigenvalue weighted by Gasteiger charge is 2.12. The SMILES string of the molecule is Cc1cccc(Cn2c(CCc3c(C)n[nH]c3C)n[nH]c2=O)c1. The van der Waals surface area contributed by atoms with E-state index in [1.165, 1.54) is 11.1 Å². The highest BCUT2D eigenvalue weighted by atomic mass is 16.1. The number of nitrogens with zero attached hydrogens (tertiary/aromatic N) is 3. The number of H-pyrrole nitrogens is 2. The van der Waals surface area contributed by atoms with Crippen LogP contribution in [0.1, 0.15) is 33.9 Å². The van der Waals surface area contributed by atoms with Crippen LogP contribution in [0.5, 0.6) is 0 Å². The zero-order chi connectivity index (χ0) is 16.4. The van der Waals surface area contributed by atoms with Crippen LogP contribution in [0.4, 0.5) is 0 Å². The largest absolute Gasteiger partial charge is 0.343 e. The summed E-state index contributed by atoms with van der Waals surface area (Å²) in [6.07, 6.45) is 1.51. The van der Waals surface area contributed by atoms with E-state index < -0.39 is 0 Å². The van der Waals surface area contributed by atoms with Crippen LogP contribution in [-0.2, 0) is 19.4 Å². The molecule has 0 bridgehead atoms. The van der Waals surface area contributed by atoms with Gasteiger partial charge in [0.05, 0.1) is 12.2 Å².